The Morgan fingerprint density at radius 3 is 3.05 bits per heavy atom. The Balaban J connectivity index is 2.21. The number of aromatic nitrogens is 3. The third-order valence-electron chi connectivity index (χ3n) is 3.62. The number of nitrogens with one attached hydrogen (secondary N) is 1. The smallest absolute Gasteiger partial charge is 0.100 e. The highest BCUT2D eigenvalue weighted by molar-refractivity contribution is 5.17. The second kappa shape index (κ2) is 6.98. The molecule has 1 N–H and O–H groups in total. The maximum atomic E-state index is 5.52. The lowest BCUT2D eigenvalue weighted by atomic mass is 10.0. The van der Waals surface area contributed by atoms with Gasteiger partial charge in [0.25, 0.3) is 0 Å². The molecule has 1 aromatic heterocycles. The summed E-state index contributed by atoms with van der Waals surface area (Å²) in [4.78, 5) is 0. The molecule has 2 rings (SSSR count). The standard InChI is InChI=1S/C13H24N4O2/c1-10(4-6-18-3)17-13(11-5-7-19-9-11)12(8-14-2)15-16-17/h10-11,14H,4-9H2,1-3H3. The van der Waals surface area contributed by atoms with Gasteiger partial charge in [0.1, 0.15) is 5.69 Å². The molecule has 6 heteroatoms. The normalized spacial score (nSPS) is 20.9. The van der Waals surface area contributed by atoms with E-state index in [0.717, 1.165) is 44.9 Å². The topological polar surface area (TPSA) is 61.2 Å². The largest absolute Gasteiger partial charge is 0.385 e. The van der Waals surface area contributed by atoms with Gasteiger partial charge in [-0.05, 0) is 26.8 Å². The minimum Gasteiger partial charge on any atom is -0.385 e. The van der Waals surface area contributed by atoms with Crippen LogP contribution in [0, 0.1) is 0 Å². The first-order valence-corrected chi connectivity index (χ1v) is 6.93. The maximum Gasteiger partial charge on any atom is 0.100 e. The van der Waals surface area contributed by atoms with Crippen molar-refractivity contribution in [1.29, 1.82) is 0 Å². The van der Waals surface area contributed by atoms with Crippen molar-refractivity contribution in [3.8, 4) is 0 Å². The zero-order chi connectivity index (χ0) is 13.7. The van der Waals surface area contributed by atoms with E-state index in [1.807, 2.05) is 7.05 Å². The van der Waals surface area contributed by atoms with Crippen LogP contribution in [0.5, 0.6) is 0 Å². The summed E-state index contributed by atoms with van der Waals surface area (Å²) in [5, 5.41) is 11.8. The van der Waals surface area contributed by atoms with Crippen LogP contribution in [-0.4, -0.2) is 49.0 Å². The van der Waals surface area contributed by atoms with Crippen LogP contribution in [-0.2, 0) is 16.0 Å². The van der Waals surface area contributed by atoms with Crippen molar-refractivity contribution in [1.82, 2.24) is 20.3 Å². The van der Waals surface area contributed by atoms with E-state index in [9.17, 15) is 0 Å². The fraction of sp³-hybridized carbons (Fsp3) is 0.846. The van der Waals surface area contributed by atoms with Gasteiger partial charge < -0.3 is 14.8 Å². The molecule has 19 heavy (non-hydrogen) atoms. The van der Waals surface area contributed by atoms with Crippen molar-refractivity contribution in [3.05, 3.63) is 11.4 Å². The highest BCUT2D eigenvalue weighted by Gasteiger charge is 2.27. The quantitative estimate of drug-likeness (QED) is 0.802. The minimum absolute atomic E-state index is 0.300. The molecule has 2 atom stereocenters. The molecule has 0 spiro atoms. The van der Waals surface area contributed by atoms with Crippen molar-refractivity contribution in [2.45, 2.75) is 38.3 Å². The molecular formula is C13H24N4O2. The van der Waals surface area contributed by atoms with E-state index in [1.165, 1.54) is 5.69 Å². The average molecular weight is 268 g/mol. The van der Waals surface area contributed by atoms with Crippen LogP contribution >= 0.6 is 0 Å². The summed E-state index contributed by atoms with van der Waals surface area (Å²) in [6.45, 7) is 5.27. The van der Waals surface area contributed by atoms with E-state index in [-0.39, 0.29) is 0 Å². The molecule has 0 aliphatic carbocycles. The SMILES string of the molecule is CNCc1nnn(C(C)CCOC)c1C1CCOC1. The van der Waals surface area contributed by atoms with Crippen LogP contribution < -0.4 is 5.32 Å². The van der Waals surface area contributed by atoms with Crippen LogP contribution in [0.2, 0.25) is 0 Å². The molecule has 2 heterocycles. The molecule has 0 radical (unpaired) electrons. The van der Waals surface area contributed by atoms with Gasteiger partial charge in [-0.2, -0.15) is 0 Å². The van der Waals surface area contributed by atoms with Gasteiger partial charge in [0.05, 0.1) is 18.3 Å². The van der Waals surface area contributed by atoms with Crippen LogP contribution in [0.25, 0.3) is 0 Å². The molecule has 108 valence electrons. The number of ether oxygens (including phenoxy) is 2. The minimum atomic E-state index is 0.300. The van der Waals surface area contributed by atoms with Gasteiger partial charge in [-0.1, -0.05) is 5.21 Å². The van der Waals surface area contributed by atoms with Crippen molar-refractivity contribution < 1.29 is 9.47 Å². The van der Waals surface area contributed by atoms with E-state index in [0.29, 0.717) is 12.0 Å². The predicted molar refractivity (Wildman–Crippen MR) is 72.2 cm³/mol. The van der Waals surface area contributed by atoms with Gasteiger partial charge in [0.2, 0.25) is 0 Å². The Labute approximate surface area is 114 Å². The number of rotatable bonds is 7. The Morgan fingerprint density at radius 1 is 1.58 bits per heavy atom. The summed E-state index contributed by atoms with van der Waals surface area (Å²) in [5.74, 6) is 0.420. The van der Waals surface area contributed by atoms with Crippen LogP contribution in [0.15, 0.2) is 0 Å². The third-order valence-corrected chi connectivity index (χ3v) is 3.62. The molecular weight excluding hydrogens is 244 g/mol. The Kier molecular flexibility index (Phi) is 5.30. The fourth-order valence-electron chi connectivity index (χ4n) is 2.54. The fourth-order valence-corrected chi connectivity index (χ4v) is 2.54. The van der Waals surface area contributed by atoms with E-state index >= 15 is 0 Å². The van der Waals surface area contributed by atoms with Gasteiger partial charge in [0.15, 0.2) is 0 Å². The van der Waals surface area contributed by atoms with Gasteiger partial charge in [-0.25, -0.2) is 4.68 Å². The first kappa shape index (κ1) is 14.4. The van der Waals surface area contributed by atoms with Crippen LogP contribution in [0.4, 0.5) is 0 Å². The second-order valence-electron chi connectivity index (χ2n) is 5.09. The molecule has 6 nitrogen and oxygen atoms in total. The average Bonchev–Trinajstić information content (AvgIpc) is 3.04. The summed E-state index contributed by atoms with van der Waals surface area (Å²) in [5.41, 5.74) is 2.28. The van der Waals surface area contributed by atoms with Gasteiger partial charge in [-0.15, -0.1) is 5.10 Å². The molecule has 0 amide bonds. The Hall–Kier alpha value is -0.980. The summed E-state index contributed by atoms with van der Waals surface area (Å²) >= 11 is 0. The lowest BCUT2D eigenvalue weighted by Gasteiger charge is -2.18. The van der Waals surface area contributed by atoms with E-state index in [2.05, 4.69) is 27.2 Å². The van der Waals surface area contributed by atoms with Crippen molar-refractivity contribution in [2.24, 2.45) is 0 Å². The van der Waals surface area contributed by atoms with Crippen molar-refractivity contribution >= 4 is 0 Å². The number of hydrogen-bond donors (Lipinski definition) is 1. The maximum absolute atomic E-state index is 5.52. The Morgan fingerprint density at radius 2 is 2.42 bits per heavy atom. The van der Waals surface area contributed by atoms with Crippen LogP contribution in [0.1, 0.15) is 43.1 Å². The first-order chi connectivity index (χ1) is 9.27. The summed E-state index contributed by atoms with van der Waals surface area (Å²) in [7, 11) is 3.66. The van der Waals surface area contributed by atoms with Gasteiger partial charge in [0, 0.05) is 32.8 Å². The lowest BCUT2D eigenvalue weighted by molar-refractivity contribution is 0.176. The highest BCUT2D eigenvalue weighted by atomic mass is 16.5. The predicted octanol–water partition coefficient (Wildman–Crippen LogP) is 1.10. The summed E-state index contributed by atoms with van der Waals surface area (Å²) < 4.78 is 12.7. The van der Waals surface area contributed by atoms with Crippen molar-refractivity contribution in [2.75, 3.05) is 34.0 Å². The second-order valence-corrected chi connectivity index (χ2v) is 5.09. The molecule has 1 aliphatic rings. The van der Waals surface area contributed by atoms with Crippen LogP contribution in [0.3, 0.4) is 0 Å². The molecule has 2 unspecified atom stereocenters. The molecule has 1 aliphatic heterocycles. The highest BCUT2D eigenvalue weighted by Crippen LogP contribution is 2.29. The molecule has 1 fully saturated rings. The zero-order valence-corrected chi connectivity index (χ0v) is 12.1. The first-order valence-electron chi connectivity index (χ1n) is 6.93. The van der Waals surface area contributed by atoms with Gasteiger partial charge >= 0.3 is 0 Å². The van der Waals surface area contributed by atoms with E-state index in [1.54, 1.807) is 7.11 Å². The Bertz CT molecular complexity index is 388. The molecule has 0 aromatic carbocycles. The molecule has 1 aromatic rings. The summed E-state index contributed by atoms with van der Waals surface area (Å²) in [6.07, 6.45) is 2.00. The zero-order valence-electron chi connectivity index (χ0n) is 12.1. The van der Waals surface area contributed by atoms with E-state index in [4.69, 9.17) is 9.47 Å². The number of nitrogens with zero attached hydrogens (tertiary/aromatic N) is 3. The number of methoxy groups -OCH3 is 1. The van der Waals surface area contributed by atoms with Crippen molar-refractivity contribution in [3.63, 3.8) is 0 Å². The number of hydrogen-bond acceptors (Lipinski definition) is 5. The molecule has 0 saturated carbocycles. The summed E-state index contributed by atoms with van der Waals surface area (Å²) in [6, 6.07) is 0.300. The molecule has 1 saturated heterocycles. The molecule has 0 bridgehead atoms. The lowest BCUT2D eigenvalue weighted by Crippen LogP contribution is -2.17. The van der Waals surface area contributed by atoms with E-state index < -0.39 is 0 Å². The third kappa shape index (κ3) is 3.32. The van der Waals surface area contributed by atoms with Gasteiger partial charge in [-0.3, -0.25) is 0 Å². The monoisotopic (exact) mass is 268 g/mol.